The minimum Gasteiger partial charge on any atom is -0.484 e. The third-order valence-electron chi connectivity index (χ3n) is 7.29. The van der Waals surface area contributed by atoms with E-state index < -0.39 is 0 Å². The largest absolute Gasteiger partial charge is 0.484 e. The Hall–Kier alpha value is -5.48. The molecule has 1 saturated heterocycles. The normalized spacial score (nSPS) is 15.8. The number of aromatic nitrogens is 2. The van der Waals surface area contributed by atoms with Gasteiger partial charge in [0.2, 0.25) is 0 Å². The van der Waals surface area contributed by atoms with Gasteiger partial charge in [-0.3, -0.25) is 9.78 Å². The Morgan fingerprint density at radius 1 is 0.886 bits per heavy atom. The van der Waals surface area contributed by atoms with Gasteiger partial charge in [-0.05, 0) is 97.1 Å². The Labute approximate surface area is 260 Å². The van der Waals surface area contributed by atoms with Gasteiger partial charge in [-0.1, -0.05) is 24.3 Å². The maximum Gasteiger partial charge on any atom is 0.337 e. The number of methoxy groups -OCH3 is 1. The highest BCUT2D eigenvalue weighted by Gasteiger charge is 2.42. The van der Waals surface area contributed by atoms with E-state index in [2.05, 4.69) is 31.2 Å². The summed E-state index contributed by atoms with van der Waals surface area (Å²) >= 11 is 5.89. The number of thiocarbonyl (C=S) groups is 1. The number of ether oxygens (including phenoxy) is 2. The average Bonchev–Trinajstić information content (AvgIpc) is 3.69. The average molecular weight is 604 g/mol. The van der Waals surface area contributed by atoms with Gasteiger partial charge in [0.25, 0.3) is 5.91 Å². The second-order valence-corrected chi connectivity index (χ2v) is 10.4. The zero-order valence-electron chi connectivity index (χ0n) is 23.8. The van der Waals surface area contributed by atoms with E-state index in [4.69, 9.17) is 21.7 Å². The van der Waals surface area contributed by atoms with Crippen molar-refractivity contribution in [2.75, 3.05) is 23.9 Å². The van der Waals surface area contributed by atoms with Crippen molar-refractivity contribution in [1.82, 2.24) is 14.9 Å². The molecule has 3 heterocycles. The van der Waals surface area contributed by atoms with E-state index in [0.717, 1.165) is 22.8 Å². The van der Waals surface area contributed by atoms with Crippen LogP contribution in [0.4, 0.5) is 11.4 Å². The molecule has 44 heavy (non-hydrogen) atoms. The number of nitrogens with one attached hydrogen (secondary N) is 2. The highest BCUT2D eigenvalue weighted by molar-refractivity contribution is 7.80. The molecule has 3 aromatic carbocycles. The Kier molecular flexibility index (Phi) is 8.33. The number of benzene rings is 3. The van der Waals surface area contributed by atoms with Gasteiger partial charge in [0.05, 0.1) is 24.4 Å². The van der Waals surface area contributed by atoms with E-state index in [1.807, 2.05) is 85.1 Å². The first-order valence-corrected chi connectivity index (χ1v) is 14.4. The zero-order valence-corrected chi connectivity index (χ0v) is 24.6. The van der Waals surface area contributed by atoms with Crippen LogP contribution in [0.5, 0.6) is 5.75 Å². The lowest BCUT2D eigenvalue weighted by atomic mass is 10.0. The highest BCUT2D eigenvalue weighted by atomic mass is 32.1. The minimum atomic E-state index is -0.389. The van der Waals surface area contributed by atoms with Crippen molar-refractivity contribution in [3.8, 4) is 11.4 Å². The first-order chi connectivity index (χ1) is 21.5. The summed E-state index contributed by atoms with van der Waals surface area (Å²) in [4.78, 5) is 31.2. The monoisotopic (exact) mass is 603 g/mol. The van der Waals surface area contributed by atoms with Crippen molar-refractivity contribution >= 4 is 40.6 Å². The van der Waals surface area contributed by atoms with Crippen LogP contribution < -0.4 is 20.3 Å². The molecule has 1 aliphatic heterocycles. The molecule has 1 aliphatic rings. The van der Waals surface area contributed by atoms with E-state index in [0.29, 0.717) is 22.1 Å². The fraction of sp³-hybridized carbons (Fsp3) is 0.118. The van der Waals surface area contributed by atoms with Crippen LogP contribution in [0.3, 0.4) is 0 Å². The topological polar surface area (TPSA) is 97.7 Å². The smallest absolute Gasteiger partial charge is 0.337 e. The van der Waals surface area contributed by atoms with Crippen LogP contribution in [0.2, 0.25) is 0 Å². The summed E-state index contributed by atoms with van der Waals surface area (Å²) in [6.07, 6.45) is 3.75. The van der Waals surface area contributed by atoms with Gasteiger partial charge >= 0.3 is 5.97 Å². The molecular weight excluding hydrogens is 574 g/mol. The molecule has 0 spiro atoms. The molecule has 10 heteroatoms. The van der Waals surface area contributed by atoms with Crippen LogP contribution in [-0.4, -0.2) is 40.3 Å². The number of carbonyl (C=O) groups excluding carboxylic acids is 2. The predicted molar refractivity (Wildman–Crippen MR) is 172 cm³/mol. The van der Waals surface area contributed by atoms with Crippen LogP contribution in [0, 0.1) is 0 Å². The molecule has 220 valence electrons. The van der Waals surface area contributed by atoms with E-state index >= 15 is 0 Å². The summed E-state index contributed by atoms with van der Waals surface area (Å²) in [5.41, 5.74) is 4.65. The first-order valence-electron chi connectivity index (χ1n) is 14.0. The molecule has 9 nitrogen and oxygen atoms in total. The van der Waals surface area contributed by atoms with Crippen LogP contribution in [0.15, 0.2) is 122 Å². The summed E-state index contributed by atoms with van der Waals surface area (Å²) < 4.78 is 12.5. The predicted octanol–water partition coefficient (Wildman–Crippen LogP) is 5.85. The van der Waals surface area contributed by atoms with Gasteiger partial charge in [-0.2, -0.15) is 0 Å². The summed E-state index contributed by atoms with van der Waals surface area (Å²) in [7, 11) is 1.36. The van der Waals surface area contributed by atoms with Crippen molar-refractivity contribution in [1.29, 1.82) is 0 Å². The molecule has 2 atom stereocenters. The van der Waals surface area contributed by atoms with Gasteiger partial charge in [0.1, 0.15) is 11.8 Å². The van der Waals surface area contributed by atoms with Crippen molar-refractivity contribution in [2.45, 2.75) is 12.1 Å². The zero-order chi connectivity index (χ0) is 30.5. The standard InChI is InChI=1S/C34H29N5O4S/c1-42-33(41)23-12-16-25(17-13-23)38-21-7-11-29(38)32-31(28-10-5-6-20-35-28)37-34(44)39(32)26-18-14-24(15-19-26)36-30(40)22-43-27-8-3-2-4-9-27/h2-21,31-32H,22H2,1H3,(H,36,40)(H,37,44). The van der Waals surface area contributed by atoms with Crippen LogP contribution in [-0.2, 0) is 9.53 Å². The van der Waals surface area contributed by atoms with Crippen molar-refractivity contribution in [2.24, 2.45) is 0 Å². The van der Waals surface area contributed by atoms with Gasteiger partial charge in [0, 0.05) is 35.1 Å². The molecule has 0 aliphatic carbocycles. The number of hydrogen-bond acceptors (Lipinski definition) is 6. The molecule has 2 N–H and O–H groups in total. The summed E-state index contributed by atoms with van der Waals surface area (Å²) in [6.45, 7) is -0.0999. The number of anilines is 2. The molecule has 0 radical (unpaired) electrons. The molecule has 0 saturated carbocycles. The third-order valence-corrected chi connectivity index (χ3v) is 7.60. The maximum atomic E-state index is 12.5. The lowest BCUT2D eigenvalue weighted by molar-refractivity contribution is -0.118. The van der Waals surface area contributed by atoms with E-state index in [1.165, 1.54) is 7.11 Å². The number of nitrogens with zero attached hydrogens (tertiary/aromatic N) is 3. The fourth-order valence-electron chi connectivity index (χ4n) is 5.25. The SMILES string of the molecule is COC(=O)c1ccc(-n2cccc2C2C(c3ccccn3)NC(=S)N2c2ccc(NC(=O)COc3ccccc3)cc2)cc1. The number of amides is 1. The fourth-order valence-corrected chi connectivity index (χ4v) is 5.59. The van der Waals surface area contributed by atoms with E-state index in [9.17, 15) is 9.59 Å². The molecule has 0 bridgehead atoms. The summed E-state index contributed by atoms with van der Waals surface area (Å²) in [5, 5.41) is 6.91. The van der Waals surface area contributed by atoms with Crippen LogP contribution >= 0.6 is 12.2 Å². The quantitative estimate of drug-likeness (QED) is 0.160. The van der Waals surface area contributed by atoms with E-state index in [1.54, 1.807) is 30.5 Å². The van der Waals surface area contributed by atoms with Gasteiger partial charge in [-0.15, -0.1) is 0 Å². The molecule has 6 rings (SSSR count). The van der Waals surface area contributed by atoms with Gasteiger partial charge in [-0.25, -0.2) is 4.79 Å². The third kappa shape index (κ3) is 6.02. The highest BCUT2D eigenvalue weighted by Crippen LogP contribution is 2.42. The number of hydrogen-bond donors (Lipinski definition) is 2. The molecule has 1 amide bonds. The first kappa shape index (κ1) is 28.6. The van der Waals surface area contributed by atoms with Crippen LogP contribution in [0.25, 0.3) is 5.69 Å². The number of para-hydroxylation sites is 1. The van der Waals surface area contributed by atoms with Crippen LogP contribution in [0.1, 0.15) is 33.8 Å². The second kappa shape index (κ2) is 12.8. The minimum absolute atomic E-state index is 0.0999. The Bertz CT molecular complexity index is 1760. The maximum absolute atomic E-state index is 12.5. The molecule has 1 fully saturated rings. The Balaban J connectivity index is 1.28. The Morgan fingerprint density at radius 3 is 2.32 bits per heavy atom. The molecule has 2 aromatic heterocycles. The van der Waals surface area contributed by atoms with Gasteiger partial charge in [0.15, 0.2) is 11.7 Å². The summed E-state index contributed by atoms with van der Waals surface area (Å²) in [5.74, 6) is -0.0193. The van der Waals surface area contributed by atoms with E-state index in [-0.39, 0.29) is 30.6 Å². The number of esters is 1. The number of carbonyl (C=O) groups is 2. The Morgan fingerprint density at radius 2 is 1.61 bits per heavy atom. The summed E-state index contributed by atoms with van der Waals surface area (Å²) in [6, 6.07) is 33.3. The van der Waals surface area contributed by atoms with Crippen molar-refractivity contribution in [3.05, 3.63) is 139 Å². The molecule has 2 unspecified atom stereocenters. The molecule has 5 aromatic rings. The lowest BCUT2D eigenvalue weighted by Gasteiger charge is -2.29. The van der Waals surface area contributed by atoms with Crippen molar-refractivity contribution < 1.29 is 19.1 Å². The second-order valence-electron chi connectivity index (χ2n) is 10.0. The van der Waals surface area contributed by atoms with Crippen molar-refractivity contribution in [3.63, 3.8) is 0 Å². The lowest BCUT2D eigenvalue weighted by Crippen LogP contribution is -2.30. The molecular formula is C34H29N5O4S. The number of pyridine rings is 1. The number of rotatable bonds is 9. The van der Waals surface area contributed by atoms with Gasteiger partial charge < -0.3 is 29.6 Å².